The fourth-order valence-corrected chi connectivity index (χ4v) is 4.58. The van der Waals surface area contributed by atoms with Crippen LogP contribution in [-0.4, -0.2) is 75.0 Å². The molecule has 2 fully saturated rings. The van der Waals surface area contributed by atoms with Gasteiger partial charge in [-0.15, -0.1) is 0 Å². The molecule has 3 N–H and O–H groups in total. The summed E-state index contributed by atoms with van der Waals surface area (Å²) in [6.45, 7) is 6.44. The van der Waals surface area contributed by atoms with E-state index in [-0.39, 0.29) is 23.0 Å². The van der Waals surface area contributed by atoms with E-state index in [1.165, 1.54) is 12.0 Å². The molecule has 3 aliphatic heterocycles. The summed E-state index contributed by atoms with van der Waals surface area (Å²) in [5.41, 5.74) is 2.11. The monoisotopic (exact) mass is 587 g/mol. The van der Waals surface area contributed by atoms with Crippen molar-refractivity contribution in [3.05, 3.63) is 59.2 Å². The molecule has 3 aliphatic rings. The predicted molar refractivity (Wildman–Crippen MR) is 152 cm³/mol. The molecule has 4 amide bonds. The van der Waals surface area contributed by atoms with E-state index < -0.39 is 23.8 Å². The fourth-order valence-electron chi connectivity index (χ4n) is 4.58. The van der Waals surface area contributed by atoms with Crippen molar-refractivity contribution in [3.63, 3.8) is 0 Å². The number of rotatable bonds is 4. The number of imide groups is 1. The standard InChI is InChI=1S/C10H10FNO2.C10H7N3O3.C7H15NO2.C2H6/c1-12-5-6-3-4-7(14-2)9(11)8(6)10(12)13;14-9-8(12-10(15)13-9)7-4-5-6(16-7)2-1-3-11-5;1-9-7(10-2)3-5-8-6-4-7;1-2/h3-4H,5H2,1-2H3;1-4,8H,(H2,12,13,14,15);8H,3-6H2,1-2H3;1-2H3. The number of piperidine rings is 1. The first-order chi connectivity index (χ1) is 20.2. The normalized spacial score (nSPS) is 18.4. The van der Waals surface area contributed by atoms with Crippen LogP contribution >= 0.6 is 0 Å². The van der Waals surface area contributed by atoms with Crippen molar-refractivity contribution in [2.75, 3.05) is 41.5 Å². The van der Waals surface area contributed by atoms with Gasteiger partial charge in [0.05, 0.1) is 12.7 Å². The Hall–Kier alpha value is -4.07. The summed E-state index contributed by atoms with van der Waals surface area (Å²) in [6.07, 6.45) is 3.52. The first kappa shape index (κ1) is 32.4. The van der Waals surface area contributed by atoms with Crippen molar-refractivity contribution in [1.29, 1.82) is 0 Å². The Kier molecular flexibility index (Phi) is 11.4. The molecule has 5 heterocycles. The second-order valence-electron chi connectivity index (χ2n) is 9.28. The van der Waals surface area contributed by atoms with Crippen LogP contribution < -0.4 is 20.7 Å². The van der Waals surface area contributed by atoms with Crippen LogP contribution in [0, 0.1) is 5.82 Å². The van der Waals surface area contributed by atoms with E-state index in [0.717, 1.165) is 31.5 Å². The average Bonchev–Trinajstić information content (AvgIpc) is 3.69. The Morgan fingerprint density at radius 3 is 2.31 bits per heavy atom. The summed E-state index contributed by atoms with van der Waals surface area (Å²) < 4.78 is 34.4. The number of carbonyl (C=O) groups excluding carboxylic acids is 3. The Morgan fingerprint density at radius 2 is 1.76 bits per heavy atom. The predicted octanol–water partition coefficient (Wildman–Crippen LogP) is 3.51. The minimum absolute atomic E-state index is 0.118. The number of methoxy groups -OCH3 is 3. The minimum atomic E-state index is -0.762. The molecule has 2 aromatic heterocycles. The molecule has 2 saturated heterocycles. The molecule has 13 heteroatoms. The molecule has 1 aromatic carbocycles. The Labute approximate surface area is 243 Å². The van der Waals surface area contributed by atoms with Crippen LogP contribution in [0.1, 0.15) is 54.4 Å². The molecule has 0 aliphatic carbocycles. The first-order valence-corrected chi connectivity index (χ1v) is 13.6. The lowest BCUT2D eigenvalue weighted by molar-refractivity contribution is -0.219. The molecular weight excluding hydrogens is 549 g/mol. The zero-order valence-corrected chi connectivity index (χ0v) is 24.7. The largest absolute Gasteiger partial charge is 0.494 e. The summed E-state index contributed by atoms with van der Waals surface area (Å²) in [5, 5.41) is 7.85. The average molecular weight is 588 g/mol. The zero-order valence-electron chi connectivity index (χ0n) is 24.7. The van der Waals surface area contributed by atoms with Crippen molar-refractivity contribution < 1.29 is 37.4 Å². The highest BCUT2D eigenvalue weighted by atomic mass is 19.1. The van der Waals surface area contributed by atoms with Gasteiger partial charge in [0.15, 0.2) is 29.0 Å². The maximum atomic E-state index is 13.6. The van der Waals surface area contributed by atoms with Crippen LogP contribution in [0.25, 0.3) is 11.1 Å². The summed E-state index contributed by atoms with van der Waals surface area (Å²) in [6, 6.07) is 7.12. The fraction of sp³-hybridized carbons (Fsp3) is 0.448. The van der Waals surface area contributed by atoms with Crippen molar-refractivity contribution >= 4 is 28.9 Å². The second-order valence-corrected chi connectivity index (χ2v) is 9.28. The number of fused-ring (bicyclic) bond motifs is 2. The summed E-state index contributed by atoms with van der Waals surface area (Å²) in [4.78, 5) is 39.4. The maximum absolute atomic E-state index is 13.6. The van der Waals surface area contributed by atoms with E-state index in [1.54, 1.807) is 57.8 Å². The highest BCUT2D eigenvalue weighted by Crippen LogP contribution is 2.30. The Balaban J connectivity index is 0.000000172. The van der Waals surface area contributed by atoms with Gasteiger partial charge in [-0.2, -0.15) is 0 Å². The van der Waals surface area contributed by atoms with Crippen LogP contribution in [0.15, 0.2) is 40.9 Å². The van der Waals surface area contributed by atoms with E-state index >= 15 is 0 Å². The molecule has 3 aromatic rings. The number of amides is 4. The molecule has 42 heavy (non-hydrogen) atoms. The van der Waals surface area contributed by atoms with Gasteiger partial charge in [0.25, 0.3) is 11.8 Å². The molecule has 0 spiro atoms. The summed E-state index contributed by atoms with van der Waals surface area (Å²) in [7, 11) is 6.44. The van der Waals surface area contributed by atoms with Gasteiger partial charge < -0.3 is 34.2 Å². The van der Waals surface area contributed by atoms with E-state index in [1.807, 2.05) is 13.8 Å². The van der Waals surface area contributed by atoms with Gasteiger partial charge in [-0.25, -0.2) is 9.18 Å². The van der Waals surface area contributed by atoms with Gasteiger partial charge in [-0.05, 0) is 23.8 Å². The van der Waals surface area contributed by atoms with Gasteiger partial charge in [0.2, 0.25) is 0 Å². The van der Waals surface area contributed by atoms with Gasteiger partial charge in [0, 0.05) is 66.0 Å². The molecule has 0 bridgehead atoms. The number of hydrogen-bond donors (Lipinski definition) is 3. The number of nitrogens with one attached hydrogen (secondary N) is 3. The van der Waals surface area contributed by atoms with Gasteiger partial charge >= 0.3 is 6.03 Å². The number of pyridine rings is 1. The topological polar surface area (TPSA) is 144 Å². The van der Waals surface area contributed by atoms with E-state index in [9.17, 15) is 18.8 Å². The lowest BCUT2D eigenvalue weighted by Gasteiger charge is -2.34. The molecule has 0 saturated carbocycles. The number of aromatic nitrogens is 1. The highest BCUT2D eigenvalue weighted by Gasteiger charge is 2.34. The van der Waals surface area contributed by atoms with Crippen LogP contribution in [0.5, 0.6) is 5.75 Å². The zero-order chi connectivity index (χ0) is 30.9. The molecule has 6 rings (SSSR count). The summed E-state index contributed by atoms with van der Waals surface area (Å²) >= 11 is 0. The molecule has 1 unspecified atom stereocenters. The number of hydrogen-bond acceptors (Lipinski definition) is 9. The SMILES string of the molecule is CC.COC1(OC)CCNCC1.COc1ccc2c(c1F)C(=O)N(C)C2.O=C1NC(=O)C(c2cc3ncccc3o2)N1. The molecule has 228 valence electrons. The molecular formula is C29H38FN5O7. The second kappa shape index (κ2) is 14.7. The van der Waals surface area contributed by atoms with Crippen molar-refractivity contribution in [1.82, 2.24) is 25.8 Å². The Bertz CT molecular complexity index is 1350. The number of carbonyl (C=O) groups is 3. The van der Waals surface area contributed by atoms with Crippen LogP contribution in [0.4, 0.5) is 9.18 Å². The lowest BCUT2D eigenvalue weighted by Crippen LogP contribution is -2.44. The molecule has 1 atom stereocenters. The summed E-state index contributed by atoms with van der Waals surface area (Å²) in [5.74, 6) is -1.05. The lowest BCUT2D eigenvalue weighted by atomic mass is 10.1. The third kappa shape index (κ3) is 7.22. The number of ether oxygens (including phenoxy) is 3. The van der Waals surface area contributed by atoms with Gasteiger partial charge in [-0.3, -0.25) is 19.9 Å². The molecule has 0 radical (unpaired) electrons. The number of benzene rings is 1. The maximum Gasteiger partial charge on any atom is 0.322 e. The van der Waals surface area contributed by atoms with E-state index in [2.05, 4.69) is 20.9 Å². The van der Waals surface area contributed by atoms with Crippen molar-refractivity contribution in [2.24, 2.45) is 0 Å². The van der Waals surface area contributed by atoms with Gasteiger partial charge in [-0.1, -0.05) is 19.9 Å². The number of halogens is 1. The van der Waals surface area contributed by atoms with Crippen molar-refractivity contribution in [2.45, 2.75) is 45.1 Å². The van der Waals surface area contributed by atoms with E-state index in [4.69, 9.17) is 18.6 Å². The third-order valence-electron chi connectivity index (χ3n) is 6.86. The van der Waals surface area contributed by atoms with E-state index in [0.29, 0.717) is 23.4 Å². The Morgan fingerprint density at radius 1 is 1.07 bits per heavy atom. The number of furan rings is 1. The third-order valence-corrected chi connectivity index (χ3v) is 6.86. The number of nitrogens with zero attached hydrogens (tertiary/aromatic N) is 2. The highest BCUT2D eigenvalue weighted by molar-refractivity contribution is 6.04. The van der Waals surface area contributed by atoms with Crippen LogP contribution in [-0.2, 0) is 20.8 Å². The van der Waals surface area contributed by atoms with Crippen LogP contribution in [0.3, 0.4) is 0 Å². The number of urea groups is 1. The first-order valence-electron chi connectivity index (χ1n) is 13.6. The molecule has 12 nitrogen and oxygen atoms in total. The van der Waals surface area contributed by atoms with Gasteiger partial charge in [0.1, 0.15) is 11.3 Å². The smallest absolute Gasteiger partial charge is 0.322 e. The minimum Gasteiger partial charge on any atom is -0.494 e. The van der Waals surface area contributed by atoms with Crippen molar-refractivity contribution in [3.8, 4) is 5.75 Å². The quantitative estimate of drug-likeness (QED) is 0.309. The van der Waals surface area contributed by atoms with Crippen LogP contribution in [0.2, 0.25) is 0 Å².